The highest BCUT2D eigenvalue weighted by Crippen LogP contribution is 2.27. The third kappa shape index (κ3) is 4.37. The summed E-state index contributed by atoms with van der Waals surface area (Å²) in [6, 6.07) is 12.7. The first-order valence-electron chi connectivity index (χ1n) is 8.24. The van der Waals surface area contributed by atoms with Crippen LogP contribution in [0.5, 0.6) is 0 Å². The van der Waals surface area contributed by atoms with Gasteiger partial charge < -0.3 is 5.32 Å². The zero-order valence-corrected chi connectivity index (χ0v) is 16.9. The van der Waals surface area contributed by atoms with E-state index in [0.717, 1.165) is 10.7 Å². The van der Waals surface area contributed by atoms with Gasteiger partial charge in [-0.25, -0.2) is 8.42 Å². The van der Waals surface area contributed by atoms with Crippen molar-refractivity contribution in [1.29, 1.82) is 0 Å². The van der Waals surface area contributed by atoms with Crippen LogP contribution in [0.3, 0.4) is 0 Å². The number of amides is 1. The molecule has 0 unspecified atom stereocenters. The molecule has 0 saturated heterocycles. The van der Waals surface area contributed by atoms with E-state index in [2.05, 4.69) is 5.32 Å². The summed E-state index contributed by atoms with van der Waals surface area (Å²) in [5.74, 6) is -0.290. The summed E-state index contributed by atoms with van der Waals surface area (Å²) in [5, 5.41) is 3.11. The number of carbonyl (C=O) groups is 1. The number of nitrogens with zero attached hydrogens (tertiary/aromatic N) is 1. The van der Waals surface area contributed by atoms with Gasteiger partial charge in [0, 0.05) is 12.6 Å². The Kier molecular flexibility index (Phi) is 5.98. The maximum atomic E-state index is 12.7. The summed E-state index contributed by atoms with van der Waals surface area (Å²) in [6.07, 6.45) is 0.770. The number of hydrogen-bond donors (Lipinski definition) is 1. The van der Waals surface area contributed by atoms with Crippen molar-refractivity contribution < 1.29 is 13.2 Å². The molecular weight excluding hydrogens is 372 g/mol. The molecule has 0 atom stereocenters. The predicted molar refractivity (Wildman–Crippen MR) is 105 cm³/mol. The Hall–Kier alpha value is -2.05. The first-order chi connectivity index (χ1) is 12.1. The standard InChI is InChI=1S/C19H23ClN2O3S/c1-5-19(2,3)21-18(23)16-12-11-14(13-17(16)20)22(4)26(24,25)15-9-7-6-8-10-15/h6-13H,5H2,1-4H3,(H,21,23). The third-order valence-corrected chi connectivity index (χ3v) is 6.41. The van der Waals surface area contributed by atoms with Gasteiger partial charge in [-0.2, -0.15) is 0 Å². The molecule has 0 aliphatic heterocycles. The second-order valence-electron chi connectivity index (χ2n) is 6.64. The molecule has 0 aliphatic rings. The van der Waals surface area contributed by atoms with Gasteiger partial charge in [-0.15, -0.1) is 0 Å². The quantitative estimate of drug-likeness (QED) is 0.802. The van der Waals surface area contributed by atoms with E-state index in [4.69, 9.17) is 11.6 Å². The zero-order chi connectivity index (χ0) is 19.5. The predicted octanol–water partition coefficient (Wildman–Crippen LogP) is 4.08. The largest absolute Gasteiger partial charge is 0.347 e. The molecule has 7 heteroatoms. The van der Waals surface area contributed by atoms with Gasteiger partial charge in [0.25, 0.3) is 15.9 Å². The van der Waals surface area contributed by atoms with Gasteiger partial charge in [-0.05, 0) is 50.6 Å². The molecule has 2 aromatic carbocycles. The van der Waals surface area contributed by atoms with Crippen molar-refractivity contribution in [3.63, 3.8) is 0 Å². The van der Waals surface area contributed by atoms with Crippen molar-refractivity contribution in [2.24, 2.45) is 0 Å². The van der Waals surface area contributed by atoms with Crippen LogP contribution in [0.15, 0.2) is 53.4 Å². The number of carbonyl (C=O) groups excluding carboxylic acids is 1. The van der Waals surface area contributed by atoms with Crippen LogP contribution in [0.2, 0.25) is 5.02 Å². The second-order valence-corrected chi connectivity index (χ2v) is 9.02. The Morgan fingerprint density at radius 1 is 1.15 bits per heavy atom. The summed E-state index contributed by atoms with van der Waals surface area (Å²) in [5.41, 5.74) is 0.333. The Balaban J connectivity index is 2.31. The smallest absolute Gasteiger partial charge is 0.264 e. The van der Waals surface area contributed by atoms with Gasteiger partial charge in [-0.3, -0.25) is 9.10 Å². The molecule has 1 N–H and O–H groups in total. The second kappa shape index (κ2) is 7.68. The van der Waals surface area contributed by atoms with Crippen molar-refractivity contribution in [1.82, 2.24) is 5.32 Å². The van der Waals surface area contributed by atoms with Crippen molar-refractivity contribution in [2.75, 3.05) is 11.4 Å². The highest BCUT2D eigenvalue weighted by molar-refractivity contribution is 7.92. The van der Waals surface area contributed by atoms with E-state index in [1.54, 1.807) is 24.3 Å². The number of benzene rings is 2. The lowest BCUT2D eigenvalue weighted by atomic mass is 10.0. The Morgan fingerprint density at radius 2 is 1.77 bits per heavy atom. The van der Waals surface area contributed by atoms with Crippen molar-refractivity contribution >= 4 is 33.2 Å². The van der Waals surface area contributed by atoms with Crippen LogP contribution < -0.4 is 9.62 Å². The van der Waals surface area contributed by atoms with Crippen LogP contribution in [0.4, 0.5) is 5.69 Å². The van der Waals surface area contributed by atoms with Gasteiger partial charge in [-0.1, -0.05) is 36.7 Å². The van der Waals surface area contributed by atoms with Gasteiger partial charge in [0.15, 0.2) is 0 Å². The minimum Gasteiger partial charge on any atom is -0.347 e. The minimum absolute atomic E-state index is 0.185. The lowest BCUT2D eigenvalue weighted by molar-refractivity contribution is 0.0911. The number of anilines is 1. The Labute approximate surface area is 160 Å². The summed E-state index contributed by atoms with van der Waals surface area (Å²) in [6.45, 7) is 5.83. The van der Waals surface area contributed by atoms with Crippen molar-refractivity contribution in [2.45, 2.75) is 37.6 Å². The molecule has 0 aliphatic carbocycles. The number of nitrogens with one attached hydrogen (secondary N) is 1. The summed E-state index contributed by atoms with van der Waals surface area (Å²) < 4.78 is 26.5. The average molecular weight is 395 g/mol. The van der Waals surface area contributed by atoms with Gasteiger partial charge >= 0.3 is 0 Å². The van der Waals surface area contributed by atoms with Crippen molar-refractivity contribution in [3.05, 3.63) is 59.1 Å². The SMILES string of the molecule is CCC(C)(C)NC(=O)c1ccc(N(C)S(=O)(=O)c2ccccc2)cc1Cl. The summed E-state index contributed by atoms with van der Waals surface area (Å²) in [7, 11) is -2.25. The van der Waals surface area contributed by atoms with Crippen LogP contribution >= 0.6 is 11.6 Å². The normalized spacial score (nSPS) is 11.9. The topological polar surface area (TPSA) is 66.5 Å². The number of sulfonamides is 1. The molecule has 26 heavy (non-hydrogen) atoms. The lowest BCUT2D eigenvalue weighted by Crippen LogP contribution is -2.42. The van der Waals surface area contributed by atoms with Crippen LogP contribution in [-0.2, 0) is 10.0 Å². The molecule has 2 aromatic rings. The van der Waals surface area contributed by atoms with Crippen LogP contribution in [0.1, 0.15) is 37.6 Å². The van der Waals surface area contributed by atoms with E-state index >= 15 is 0 Å². The summed E-state index contributed by atoms with van der Waals surface area (Å²) in [4.78, 5) is 12.6. The monoisotopic (exact) mass is 394 g/mol. The first kappa shape index (κ1) is 20.3. The summed E-state index contributed by atoms with van der Waals surface area (Å²) >= 11 is 6.25. The van der Waals surface area contributed by atoms with E-state index in [1.807, 2.05) is 20.8 Å². The lowest BCUT2D eigenvalue weighted by Gasteiger charge is -2.25. The highest BCUT2D eigenvalue weighted by atomic mass is 35.5. The van der Waals surface area contributed by atoms with E-state index in [0.29, 0.717) is 11.3 Å². The molecule has 0 bridgehead atoms. The molecule has 0 heterocycles. The van der Waals surface area contributed by atoms with E-state index < -0.39 is 10.0 Å². The average Bonchev–Trinajstić information content (AvgIpc) is 2.61. The molecule has 5 nitrogen and oxygen atoms in total. The zero-order valence-electron chi connectivity index (χ0n) is 15.3. The van der Waals surface area contributed by atoms with Gasteiger partial charge in [0.05, 0.1) is 21.2 Å². The van der Waals surface area contributed by atoms with E-state index in [-0.39, 0.29) is 21.4 Å². The number of rotatable bonds is 6. The molecule has 0 radical (unpaired) electrons. The number of hydrogen-bond acceptors (Lipinski definition) is 3. The highest BCUT2D eigenvalue weighted by Gasteiger charge is 2.24. The Bertz CT molecular complexity index is 896. The molecule has 0 spiro atoms. The van der Waals surface area contributed by atoms with Crippen LogP contribution in [0, 0.1) is 0 Å². The van der Waals surface area contributed by atoms with Crippen LogP contribution in [0.25, 0.3) is 0 Å². The van der Waals surface area contributed by atoms with E-state index in [9.17, 15) is 13.2 Å². The van der Waals surface area contributed by atoms with Crippen molar-refractivity contribution in [3.8, 4) is 0 Å². The molecule has 0 saturated carbocycles. The third-order valence-electron chi connectivity index (χ3n) is 4.30. The van der Waals surface area contributed by atoms with Gasteiger partial charge in [0.2, 0.25) is 0 Å². The molecule has 0 aromatic heterocycles. The fourth-order valence-electron chi connectivity index (χ4n) is 2.24. The molecular formula is C19H23ClN2O3S. The molecule has 2 rings (SSSR count). The molecule has 0 fully saturated rings. The van der Waals surface area contributed by atoms with Crippen LogP contribution in [-0.4, -0.2) is 26.9 Å². The maximum Gasteiger partial charge on any atom is 0.264 e. The van der Waals surface area contributed by atoms with Gasteiger partial charge in [0.1, 0.15) is 0 Å². The van der Waals surface area contributed by atoms with E-state index in [1.165, 1.54) is 31.3 Å². The minimum atomic E-state index is -3.70. The maximum absolute atomic E-state index is 12.7. The first-order valence-corrected chi connectivity index (χ1v) is 10.1. The molecule has 1 amide bonds. The number of halogens is 1. The fraction of sp³-hybridized carbons (Fsp3) is 0.316. The fourth-order valence-corrected chi connectivity index (χ4v) is 3.71. The Morgan fingerprint density at radius 3 is 2.31 bits per heavy atom. The molecule has 140 valence electrons.